The summed E-state index contributed by atoms with van der Waals surface area (Å²) in [5.41, 5.74) is 1.77. The van der Waals surface area contributed by atoms with Crippen LogP contribution in [-0.4, -0.2) is 48.6 Å². The van der Waals surface area contributed by atoms with E-state index in [1.807, 2.05) is 33.2 Å². The van der Waals surface area contributed by atoms with Crippen molar-refractivity contribution < 1.29 is 4.79 Å². The molecule has 8 nitrogen and oxygen atoms in total. The van der Waals surface area contributed by atoms with Gasteiger partial charge in [-0.1, -0.05) is 6.07 Å². The lowest BCUT2D eigenvalue weighted by atomic mass is 10.0. The van der Waals surface area contributed by atoms with E-state index in [0.717, 1.165) is 16.6 Å². The SMILES string of the molecule is Cc1nc(N[C@@H]2CC(=O)N(C)[C@H]2c2cccnc2)c2cnn(C)c2n1. The largest absolute Gasteiger partial charge is 0.364 e. The van der Waals surface area contributed by atoms with Crippen LogP contribution < -0.4 is 5.32 Å². The average Bonchev–Trinajstić information content (AvgIpc) is 3.09. The van der Waals surface area contributed by atoms with Crippen molar-refractivity contribution in [2.45, 2.75) is 25.4 Å². The van der Waals surface area contributed by atoms with Gasteiger partial charge in [-0.2, -0.15) is 5.10 Å². The van der Waals surface area contributed by atoms with Crippen LogP contribution in [0.4, 0.5) is 5.82 Å². The number of likely N-dealkylation sites (tertiary alicyclic amines) is 1. The number of hydrogen-bond acceptors (Lipinski definition) is 6. The van der Waals surface area contributed by atoms with Crippen LogP contribution in [-0.2, 0) is 11.8 Å². The number of amides is 1. The molecule has 128 valence electrons. The number of aryl methyl sites for hydroxylation is 2. The first kappa shape index (κ1) is 15.5. The van der Waals surface area contributed by atoms with E-state index < -0.39 is 0 Å². The second-order valence-corrected chi connectivity index (χ2v) is 6.32. The molecule has 0 saturated carbocycles. The molecule has 8 heteroatoms. The number of nitrogens with one attached hydrogen (secondary N) is 1. The summed E-state index contributed by atoms with van der Waals surface area (Å²) >= 11 is 0. The minimum atomic E-state index is -0.0978. The third-order valence-electron chi connectivity index (χ3n) is 4.64. The number of anilines is 1. The molecule has 4 rings (SSSR count). The lowest BCUT2D eigenvalue weighted by molar-refractivity contribution is -0.127. The highest BCUT2D eigenvalue weighted by atomic mass is 16.2. The molecule has 1 saturated heterocycles. The first-order valence-corrected chi connectivity index (χ1v) is 8.13. The van der Waals surface area contributed by atoms with Crippen molar-refractivity contribution in [2.24, 2.45) is 7.05 Å². The van der Waals surface area contributed by atoms with Crippen LogP contribution >= 0.6 is 0 Å². The average molecular weight is 337 g/mol. The molecule has 3 aromatic heterocycles. The highest BCUT2D eigenvalue weighted by molar-refractivity contribution is 5.87. The van der Waals surface area contributed by atoms with Crippen LogP contribution in [0.3, 0.4) is 0 Å². The molecular weight excluding hydrogens is 318 g/mol. The van der Waals surface area contributed by atoms with E-state index in [-0.39, 0.29) is 18.0 Å². The molecule has 0 spiro atoms. The molecule has 0 aromatic carbocycles. The summed E-state index contributed by atoms with van der Waals surface area (Å²) < 4.78 is 1.72. The normalized spacial score (nSPS) is 20.4. The van der Waals surface area contributed by atoms with Crippen LogP contribution in [0, 0.1) is 6.92 Å². The van der Waals surface area contributed by atoms with Crippen molar-refractivity contribution in [2.75, 3.05) is 12.4 Å². The fourth-order valence-electron chi connectivity index (χ4n) is 3.42. The van der Waals surface area contributed by atoms with Gasteiger partial charge in [-0.15, -0.1) is 0 Å². The zero-order valence-electron chi connectivity index (χ0n) is 14.3. The Hall–Kier alpha value is -3.03. The van der Waals surface area contributed by atoms with Gasteiger partial charge in [-0.3, -0.25) is 14.5 Å². The van der Waals surface area contributed by atoms with Crippen molar-refractivity contribution in [1.29, 1.82) is 0 Å². The van der Waals surface area contributed by atoms with E-state index in [1.165, 1.54) is 0 Å². The molecule has 0 bridgehead atoms. The van der Waals surface area contributed by atoms with Gasteiger partial charge in [0, 0.05) is 32.9 Å². The molecule has 1 N–H and O–H groups in total. The molecule has 1 fully saturated rings. The summed E-state index contributed by atoms with van der Waals surface area (Å²) in [6.45, 7) is 1.85. The van der Waals surface area contributed by atoms with Crippen LogP contribution in [0.25, 0.3) is 11.0 Å². The Labute approximate surface area is 144 Å². The summed E-state index contributed by atoms with van der Waals surface area (Å²) in [6.07, 6.45) is 5.69. The minimum Gasteiger partial charge on any atom is -0.364 e. The van der Waals surface area contributed by atoms with Crippen LogP contribution in [0.15, 0.2) is 30.7 Å². The van der Waals surface area contributed by atoms with Gasteiger partial charge in [0.15, 0.2) is 5.65 Å². The molecule has 1 amide bonds. The molecule has 25 heavy (non-hydrogen) atoms. The van der Waals surface area contributed by atoms with Crippen LogP contribution in [0.1, 0.15) is 23.9 Å². The topological polar surface area (TPSA) is 88.8 Å². The molecule has 1 aliphatic heterocycles. The number of likely N-dealkylation sites (N-methyl/N-ethyl adjacent to an activating group) is 1. The van der Waals surface area contributed by atoms with E-state index in [4.69, 9.17) is 0 Å². The maximum atomic E-state index is 12.3. The second kappa shape index (κ2) is 5.80. The molecule has 1 aliphatic rings. The molecule has 2 atom stereocenters. The Kier molecular flexibility index (Phi) is 3.60. The molecule has 0 radical (unpaired) electrons. The first-order valence-electron chi connectivity index (χ1n) is 8.13. The lowest BCUT2D eigenvalue weighted by Crippen LogP contribution is -2.30. The summed E-state index contributed by atoms with van der Waals surface area (Å²) in [6, 6.07) is 3.69. The number of pyridine rings is 1. The summed E-state index contributed by atoms with van der Waals surface area (Å²) in [7, 11) is 3.68. The van der Waals surface area contributed by atoms with Gasteiger partial charge in [0.05, 0.1) is 23.7 Å². The number of rotatable bonds is 3. The molecular formula is C17H19N7O. The van der Waals surface area contributed by atoms with Crippen LogP contribution in [0.2, 0.25) is 0 Å². The number of aromatic nitrogens is 5. The van der Waals surface area contributed by atoms with Crippen molar-refractivity contribution in [3.8, 4) is 0 Å². The summed E-state index contributed by atoms with van der Waals surface area (Å²) in [5.74, 6) is 1.46. The number of carbonyl (C=O) groups excluding carboxylic acids is 1. The van der Waals surface area contributed by atoms with Gasteiger partial charge in [-0.05, 0) is 18.6 Å². The summed E-state index contributed by atoms with van der Waals surface area (Å²) in [4.78, 5) is 27.2. The standard InChI is InChI=1S/C17H19N7O/c1-10-20-16(12-9-19-24(3)17(12)21-10)22-13-7-14(25)23(2)15(13)11-5-4-6-18-8-11/h4-6,8-9,13,15H,7H2,1-3H3,(H,20,21,22)/t13-,15+/m1/s1. The Bertz CT molecular complexity index is 937. The molecule has 4 heterocycles. The van der Waals surface area contributed by atoms with E-state index in [9.17, 15) is 4.79 Å². The van der Waals surface area contributed by atoms with Crippen molar-refractivity contribution in [3.63, 3.8) is 0 Å². The zero-order chi connectivity index (χ0) is 17.6. The number of fused-ring (bicyclic) bond motifs is 1. The number of nitrogens with zero attached hydrogens (tertiary/aromatic N) is 6. The minimum absolute atomic E-state index is 0.0943. The van der Waals surface area contributed by atoms with Crippen molar-refractivity contribution >= 4 is 22.8 Å². The second-order valence-electron chi connectivity index (χ2n) is 6.32. The Morgan fingerprint density at radius 1 is 1.24 bits per heavy atom. The van der Waals surface area contributed by atoms with Crippen molar-refractivity contribution in [1.82, 2.24) is 29.6 Å². The van der Waals surface area contributed by atoms with E-state index in [0.29, 0.717) is 18.1 Å². The number of hydrogen-bond donors (Lipinski definition) is 1. The third-order valence-corrected chi connectivity index (χ3v) is 4.64. The summed E-state index contributed by atoms with van der Waals surface area (Å²) in [5, 5.41) is 8.57. The van der Waals surface area contributed by atoms with Crippen molar-refractivity contribution in [3.05, 3.63) is 42.1 Å². The molecule has 3 aromatic rings. The Morgan fingerprint density at radius 3 is 2.84 bits per heavy atom. The Balaban J connectivity index is 1.73. The zero-order valence-corrected chi connectivity index (χ0v) is 14.3. The maximum absolute atomic E-state index is 12.3. The fourth-order valence-corrected chi connectivity index (χ4v) is 3.42. The quantitative estimate of drug-likeness (QED) is 0.778. The van der Waals surface area contributed by atoms with E-state index in [1.54, 1.807) is 28.2 Å². The van der Waals surface area contributed by atoms with E-state index in [2.05, 4.69) is 25.4 Å². The van der Waals surface area contributed by atoms with E-state index >= 15 is 0 Å². The highest BCUT2D eigenvalue weighted by Crippen LogP contribution is 2.34. The first-order chi connectivity index (χ1) is 12.0. The monoisotopic (exact) mass is 337 g/mol. The van der Waals surface area contributed by atoms with Gasteiger partial charge in [-0.25, -0.2) is 9.97 Å². The highest BCUT2D eigenvalue weighted by Gasteiger charge is 2.39. The smallest absolute Gasteiger partial charge is 0.225 e. The predicted molar refractivity (Wildman–Crippen MR) is 92.8 cm³/mol. The van der Waals surface area contributed by atoms with Crippen LogP contribution in [0.5, 0.6) is 0 Å². The van der Waals surface area contributed by atoms with Gasteiger partial charge >= 0.3 is 0 Å². The predicted octanol–water partition coefficient (Wildman–Crippen LogP) is 1.45. The van der Waals surface area contributed by atoms with Gasteiger partial charge in [0.1, 0.15) is 11.6 Å². The van der Waals surface area contributed by atoms with Gasteiger partial charge in [0.25, 0.3) is 0 Å². The third kappa shape index (κ3) is 2.59. The molecule has 0 unspecified atom stereocenters. The number of carbonyl (C=O) groups is 1. The van der Waals surface area contributed by atoms with Gasteiger partial charge < -0.3 is 10.2 Å². The molecule has 0 aliphatic carbocycles. The lowest BCUT2D eigenvalue weighted by Gasteiger charge is -2.26. The Morgan fingerprint density at radius 2 is 2.08 bits per heavy atom. The fraction of sp³-hybridized carbons (Fsp3) is 0.353. The maximum Gasteiger partial charge on any atom is 0.225 e. The van der Waals surface area contributed by atoms with Gasteiger partial charge in [0.2, 0.25) is 5.91 Å².